The van der Waals surface area contributed by atoms with Crippen molar-refractivity contribution in [3.63, 3.8) is 0 Å². The molecular formula is C9H12N2O5S. The van der Waals surface area contributed by atoms with Crippen LogP contribution in [0.5, 0.6) is 5.75 Å². The number of rotatable bonds is 5. The summed E-state index contributed by atoms with van der Waals surface area (Å²) in [5.41, 5.74) is 0.561. The Morgan fingerprint density at radius 2 is 1.88 bits per heavy atom. The topological polar surface area (TPSA) is 130 Å². The summed E-state index contributed by atoms with van der Waals surface area (Å²) >= 11 is 0. The van der Waals surface area contributed by atoms with E-state index in [1.807, 2.05) is 0 Å². The van der Waals surface area contributed by atoms with E-state index in [9.17, 15) is 13.2 Å². The summed E-state index contributed by atoms with van der Waals surface area (Å²) in [6, 6.07) is 4.41. The van der Waals surface area contributed by atoms with Crippen LogP contribution in [0.2, 0.25) is 0 Å². The van der Waals surface area contributed by atoms with Crippen molar-refractivity contribution in [2.75, 3.05) is 0 Å². The van der Waals surface area contributed by atoms with Crippen LogP contribution in [0, 0.1) is 0 Å². The lowest BCUT2D eigenvalue weighted by Crippen LogP contribution is -2.45. The van der Waals surface area contributed by atoms with E-state index in [1.165, 1.54) is 24.3 Å². The molecule has 1 aromatic rings. The average molecular weight is 260 g/mol. The number of phenolic OH excluding ortho intramolecular Hbond substituents is 1. The summed E-state index contributed by atoms with van der Waals surface area (Å²) in [5, 5.41) is 22.6. The van der Waals surface area contributed by atoms with Gasteiger partial charge >= 0.3 is 5.97 Å². The molecule has 1 atom stereocenters. The minimum Gasteiger partial charge on any atom is -0.508 e. The van der Waals surface area contributed by atoms with Gasteiger partial charge in [0.25, 0.3) is 10.2 Å². The SMILES string of the molecule is NS(=O)(=O)NC(Cc1ccc(O)cc1)C(=O)O. The highest BCUT2D eigenvalue weighted by atomic mass is 32.2. The van der Waals surface area contributed by atoms with Crippen LogP contribution < -0.4 is 9.86 Å². The summed E-state index contributed by atoms with van der Waals surface area (Å²) in [4.78, 5) is 10.8. The third-order valence-electron chi connectivity index (χ3n) is 1.98. The molecule has 1 aromatic carbocycles. The van der Waals surface area contributed by atoms with E-state index >= 15 is 0 Å². The van der Waals surface area contributed by atoms with Gasteiger partial charge < -0.3 is 10.2 Å². The Bertz CT molecular complexity index is 497. The highest BCUT2D eigenvalue weighted by Crippen LogP contribution is 2.11. The van der Waals surface area contributed by atoms with Gasteiger partial charge in [-0.15, -0.1) is 0 Å². The molecular weight excluding hydrogens is 248 g/mol. The second-order valence-corrected chi connectivity index (χ2v) is 4.75. The molecule has 0 amide bonds. The van der Waals surface area contributed by atoms with Gasteiger partial charge in [-0.3, -0.25) is 4.79 Å². The lowest BCUT2D eigenvalue weighted by molar-refractivity contribution is -0.138. The Labute approximate surface area is 98.1 Å². The largest absolute Gasteiger partial charge is 0.508 e. The molecule has 0 saturated heterocycles. The van der Waals surface area contributed by atoms with Crippen molar-refractivity contribution in [2.24, 2.45) is 5.14 Å². The van der Waals surface area contributed by atoms with Crippen LogP contribution in [-0.4, -0.2) is 30.6 Å². The lowest BCUT2D eigenvalue weighted by Gasteiger charge is -2.12. The Morgan fingerprint density at radius 3 is 2.29 bits per heavy atom. The molecule has 0 saturated carbocycles. The summed E-state index contributed by atoms with van der Waals surface area (Å²) < 4.78 is 23.3. The van der Waals surface area contributed by atoms with Gasteiger partial charge in [0.1, 0.15) is 11.8 Å². The van der Waals surface area contributed by atoms with E-state index in [1.54, 1.807) is 4.72 Å². The normalized spacial score (nSPS) is 13.2. The monoisotopic (exact) mass is 260 g/mol. The van der Waals surface area contributed by atoms with Crippen LogP contribution in [0.15, 0.2) is 24.3 Å². The molecule has 0 fully saturated rings. The van der Waals surface area contributed by atoms with Crippen LogP contribution in [0.3, 0.4) is 0 Å². The molecule has 8 heteroatoms. The zero-order valence-electron chi connectivity index (χ0n) is 8.70. The molecule has 0 aromatic heterocycles. The van der Waals surface area contributed by atoms with Gasteiger partial charge in [-0.25, -0.2) is 5.14 Å². The van der Waals surface area contributed by atoms with Gasteiger partial charge in [0.2, 0.25) is 0 Å². The van der Waals surface area contributed by atoms with E-state index in [-0.39, 0.29) is 12.2 Å². The molecule has 0 bridgehead atoms. The van der Waals surface area contributed by atoms with Gasteiger partial charge in [0, 0.05) is 0 Å². The maximum atomic E-state index is 10.8. The number of aromatic hydroxyl groups is 1. The van der Waals surface area contributed by atoms with Gasteiger partial charge in [-0.2, -0.15) is 13.1 Å². The number of nitrogens with one attached hydrogen (secondary N) is 1. The fraction of sp³-hybridized carbons (Fsp3) is 0.222. The van der Waals surface area contributed by atoms with Crippen molar-refractivity contribution in [3.8, 4) is 5.75 Å². The standard InChI is InChI=1S/C9H12N2O5S/c10-17(15,16)11-8(9(13)14)5-6-1-3-7(12)4-2-6/h1-4,8,11-12H,5H2,(H,13,14)(H2,10,15,16). The first-order valence-corrected chi connectivity index (χ1v) is 6.13. The smallest absolute Gasteiger partial charge is 0.322 e. The second-order valence-electron chi connectivity index (χ2n) is 3.42. The Kier molecular flexibility index (Phi) is 4.05. The number of hydrogen-bond donors (Lipinski definition) is 4. The van der Waals surface area contributed by atoms with Gasteiger partial charge in [-0.1, -0.05) is 12.1 Å². The predicted octanol–water partition coefficient (Wildman–Crippen LogP) is -0.819. The van der Waals surface area contributed by atoms with E-state index in [0.717, 1.165) is 0 Å². The van der Waals surface area contributed by atoms with Crippen LogP contribution in [0.4, 0.5) is 0 Å². The van der Waals surface area contributed by atoms with Crippen molar-refractivity contribution < 1.29 is 23.4 Å². The molecule has 0 aliphatic rings. The fourth-order valence-corrected chi connectivity index (χ4v) is 1.83. The number of carbonyl (C=O) groups is 1. The molecule has 0 spiro atoms. The van der Waals surface area contributed by atoms with E-state index in [4.69, 9.17) is 15.4 Å². The zero-order chi connectivity index (χ0) is 13.1. The molecule has 1 rings (SSSR count). The molecule has 17 heavy (non-hydrogen) atoms. The molecule has 94 valence electrons. The van der Waals surface area contributed by atoms with E-state index in [2.05, 4.69) is 0 Å². The predicted molar refractivity (Wildman–Crippen MR) is 59.5 cm³/mol. The minimum absolute atomic E-state index is 0.0417. The summed E-state index contributed by atoms with van der Waals surface area (Å²) in [5.74, 6) is -1.29. The summed E-state index contributed by atoms with van der Waals surface area (Å²) in [6.07, 6.45) is -0.0634. The van der Waals surface area contributed by atoms with Crippen molar-refractivity contribution >= 4 is 16.2 Å². The van der Waals surface area contributed by atoms with Gasteiger partial charge in [0.05, 0.1) is 0 Å². The van der Waals surface area contributed by atoms with Crippen molar-refractivity contribution in [2.45, 2.75) is 12.5 Å². The fourth-order valence-electron chi connectivity index (χ4n) is 1.25. The average Bonchev–Trinajstić information content (AvgIpc) is 2.18. The first-order valence-electron chi connectivity index (χ1n) is 4.59. The minimum atomic E-state index is -4.08. The quantitative estimate of drug-likeness (QED) is 0.549. The van der Waals surface area contributed by atoms with Crippen molar-refractivity contribution in [3.05, 3.63) is 29.8 Å². The first-order chi connectivity index (χ1) is 7.78. The third kappa shape index (κ3) is 4.81. The molecule has 5 N–H and O–H groups in total. The third-order valence-corrected chi connectivity index (χ3v) is 2.59. The molecule has 0 aliphatic heterocycles. The molecule has 0 radical (unpaired) electrons. The molecule has 0 aliphatic carbocycles. The number of nitrogens with two attached hydrogens (primary N) is 1. The van der Waals surface area contributed by atoms with Crippen molar-refractivity contribution in [1.29, 1.82) is 0 Å². The van der Waals surface area contributed by atoms with E-state index in [0.29, 0.717) is 5.56 Å². The Hall–Kier alpha value is -1.64. The zero-order valence-corrected chi connectivity index (χ0v) is 9.52. The summed E-state index contributed by atoms with van der Waals surface area (Å²) in [7, 11) is -4.08. The Morgan fingerprint density at radius 1 is 1.35 bits per heavy atom. The van der Waals surface area contributed by atoms with Gasteiger partial charge in [0.15, 0.2) is 0 Å². The Balaban J connectivity index is 2.80. The number of aliphatic carboxylic acids is 1. The van der Waals surface area contributed by atoms with E-state index < -0.39 is 22.2 Å². The second kappa shape index (κ2) is 5.13. The van der Waals surface area contributed by atoms with Crippen molar-refractivity contribution in [1.82, 2.24) is 4.72 Å². The molecule has 1 unspecified atom stereocenters. The van der Waals surface area contributed by atoms with Gasteiger partial charge in [-0.05, 0) is 24.1 Å². The highest BCUT2D eigenvalue weighted by molar-refractivity contribution is 7.87. The molecule has 0 heterocycles. The maximum Gasteiger partial charge on any atom is 0.322 e. The highest BCUT2D eigenvalue weighted by Gasteiger charge is 2.21. The van der Waals surface area contributed by atoms with Crippen LogP contribution in [-0.2, 0) is 21.4 Å². The summed E-state index contributed by atoms with van der Waals surface area (Å²) in [6.45, 7) is 0. The van der Waals surface area contributed by atoms with Crippen LogP contribution >= 0.6 is 0 Å². The number of hydrogen-bond acceptors (Lipinski definition) is 4. The van der Waals surface area contributed by atoms with Crippen LogP contribution in [0.1, 0.15) is 5.56 Å². The molecule has 7 nitrogen and oxygen atoms in total. The number of benzene rings is 1. The number of carboxylic acid groups (broad SMARTS) is 1. The lowest BCUT2D eigenvalue weighted by atomic mass is 10.1. The van der Waals surface area contributed by atoms with Crippen LogP contribution in [0.25, 0.3) is 0 Å². The maximum absolute atomic E-state index is 10.8. The number of phenols is 1. The first kappa shape index (κ1) is 13.4. The number of carboxylic acids is 1.